The van der Waals surface area contributed by atoms with Crippen LogP contribution in [0.2, 0.25) is 0 Å². The molecular weight excluding hydrogens is 173 g/mol. The van der Waals surface area contributed by atoms with Gasteiger partial charge in [-0.3, -0.25) is 10.6 Å². The Morgan fingerprint density at radius 2 is 2.08 bits per heavy atom. The van der Waals surface area contributed by atoms with Gasteiger partial charge >= 0.3 is 6.18 Å². The Morgan fingerprint density at radius 3 is 2.42 bits per heavy atom. The number of alkyl halides is 3. The Kier molecular flexibility index (Phi) is 2.39. The van der Waals surface area contributed by atoms with E-state index >= 15 is 0 Å². The van der Waals surface area contributed by atoms with E-state index in [1.54, 1.807) is 0 Å². The molecule has 1 aliphatic heterocycles. The second-order valence-corrected chi connectivity index (χ2v) is 2.84. The minimum Gasteiger partial charge on any atom is -0.289 e. The van der Waals surface area contributed by atoms with Gasteiger partial charge in [-0.25, -0.2) is 5.01 Å². The third-order valence-electron chi connectivity index (χ3n) is 1.87. The zero-order valence-electron chi connectivity index (χ0n) is 6.27. The van der Waals surface area contributed by atoms with Gasteiger partial charge in [0.05, 0.1) is 0 Å². The van der Waals surface area contributed by atoms with E-state index in [1.165, 1.54) is 5.01 Å². The van der Waals surface area contributed by atoms with E-state index in [4.69, 9.17) is 5.84 Å². The summed E-state index contributed by atoms with van der Waals surface area (Å²) in [7, 11) is 0. The molecule has 0 aromatic heterocycles. The summed E-state index contributed by atoms with van der Waals surface area (Å²) in [5.74, 6) is 2.60. The van der Waals surface area contributed by atoms with Crippen molar-refractivity contribution in [2.45, 2.75) is 12.6 Å². The molecule has 0 saturated carbocycles. The lowest BCUT2D eigenvalue weighted by atomic mass is 10.0. The number of hydrogen-bond donors (Lipinski definition) is 1. The van der Waals surface area contributed by atoms with Gasteiger partial charge in [0.2, 0.25) is 5.78 Å². The Labute approximate surface area is 67.3 Å². The number of Topliss-reactive ketones (excluding diaryl/α,β-unsaturated/α-hetero) is 1. The molecule has 1 fully saturated rings. The molecule has 2 N–H and O–H groups in total. The molecule has 6 heteroatoms. The van der Waals surface area contributed by atoms with Gasteiger partial charge in [0.1, 0.15) is 0 Å². The molecule has 12 heavy (non-hydrogen) atoms. The first kappa shape index (κ1) is 9.47. The van der Waals surface area contributed by atoms with E-state index in [0.717, 1.165) is 0 Å². The average Bonchev–Trinajstić information content (AvgIpc) is 2.32. The Bertz CT molecular complexity index is 192. The number of carbonyl (C=O) groups is 1. The molecular formula is C6H9F3N2O. The molecule has 0 radical (unpaired) electrons. The largest absolute Gasteiger partial charge is 0.450 e. The van der Waals surface area contributed by atoms with Gasteiger partial charge in [0.15, 0.2) is 0 Å². The number of halogens is 3. The summed E-state index contributed by atoms with van der Waals surface area (Å²) in [5.41, 5.74) is 0. The summed E-state index contributed by atoms with van der Waals surface area (Å²) in [4.78, 5) is 10.6. The third kappa shape index (κ3) is 1.95. The first-order valence-corrected chi connectivity index (χ1v) is 3.52. The quantitative estimate of drug-likeness (QED) is 0.594. The molecule has 70 valence electrons. The van der Waals surface area contributed by atoms with Crippen LogP contribution in [0, 0.1) is 5.92 Å². The van der Waals surface area contributed by atoms with Crippen LogP contribution in [0.3, 0.4) is 0 Å². The summed E-state index contributed by atoms with van der Waals surface area (Å²) < 4.78 is 35.5. The van der Waals surface area contributed by atoms with Crippen molar-refractivity contribution < 1.29 is 18.0 Å². The highest BCUT2D eigenvalue weighted by Gasteiger charge is 2.44. The lowest BCUT2D eigenvalue weighted by Gasteiger charge is -2.10. The van der Waals surface area contributed by atoms with E-state index in [1.807, 2.05) is 0 Å². The lowest BCUT2D eigenvalue weighted by molar-refractivity contribution is -0.175. The average molecular weight is 182 g/mol. The summed E-state index contributed by atoms with van der Waals surface area (Å²) >= 11 is 0. The molecule has 1 saturated heterocycles. The maximum absolute atomic E-state index is 11.8. The predicted octanol–water partition coefficient (Wildman–Crippen LogP) is 0.313. The van der Waals surface area contributed by atoms with Gasteiger partial charge in [-0.05, 0) is 6.42 Å². The molecule has 0 bridgehead atoms. The molecule has 3 nitrogen and oxygen atoms in total. The van der Waals surface area contributed by atoms with E-state index in [0.29, 0.717) is 6.54 Å². The minimum atomic E-state index is -4.71. The highest BCUT2D eigenvalue weighted by Crippen LogP contribution is 2.25. The minimum absolute atomic E-state index is 0.0122. The van der Waals surface area contributed by atoms with Crippen molar-refractivity contribution in [3.8, 4) is 0 Å². The van der Waals surface area contributed by atoms with Gasteiger partial charge in [0.25, 0.3) is 0 Å². The van der Waals surface area contributed by atoms with E-state index in [2.05, 4.69) is 0 Å². The first-order valence-electron chi connectivity index (χ1n) is 3.52. The predicted molar refractivity (Wildman–Crippen MR) is 34.9 cm³/mol. The zero-order chi connectivity index (χ0) is 9.35. The van der Waals surface area contributed by atoms with Gasteiger partial charge in [-0.1, -0.05) is 0 Å². The van der Waals surface area contributed by atoms with Crippen molar-refractivity contribution in [3.63, 3.8) is 0 Å². The van der Waals surface area contributed by atoms with E-state index < -0.39 is 17.9 Å². The fraction of sp³-hybridized carbons (Fsp3) is 0.833. The van der Waals surface area contributed by atoms with Crippen LogP contribution in [0.1, 0.15) is 6.42 Å². The Morgan fingerprint density at radius 1 is 1.50 bits per heavy atom. The van der Waals surface area contributed by atoms with Crippen molar-refractivity contribution in [3.05, 3.63) is 0 Å². The molecule has 0 aliphatic carbocycles. The van der Waals surface area contributed by atoms with Gasteiger partial charge in [-0.15, -0.1) is 0 Å². The number of nitrogens with zero attached hydrogens (tertiary/aromatic N) is 1. The number of hydrogen-bond acceptors (Lipinski definition) is 3. The highest BCUT2D eigenvalue weighted by atomic mass is 19.4. The van der Waals surface area contributed by atoms with Gasteiger partial charge < -0.3 is 0 Å². The molecule has 1 unspecified atom stereocenters. The molecule has 1 atom stereocenters. The first-order chi connectivity index (χ1) is 5.41. The van der Waals surface area contributed by atoms with Crippen LogP contribution >= 0.6 is 0 Å². The van der Waals surface area contributed by atoms with E-state index in [-0.39, 0.29) is 13.0 Å². The number of hydrazine groups is 1. The molecule has 1 aliphatic rings. The van der Waals surface area contributed by atoms with Crippen LogP contribution in [-0.4, -0.2) is 30.1 Å². The number of nitrogens with two attached hydrogens (primary N) is 1. The standard InChI is InChI=1S/C6H9F3N2O/c7-6(8,9)5(12)4-1-2-11(10)3-4/h4H,1-3,10H2. The van der Waals surface area contributed by atoms with Crippen LogP contribution < -0.4 is 5.84 Å². The summed E-state index contributed by atoms with van der Waals surface area (Å²) in [6.45, 7) is 0.366. The number of ketones is 1. The highest BCUT2D eigenvalue weighted by molar-refractivity contribution is 5.86. The van der Waals surface area contributed by atoms with Crippen LogP contribution in [0.15, 0.2) is 0 Å². The van der Waals surface area contributed by atoms with Crippen LogP contribution in [0.25, 0.3) is 0 Å². The normalized spacial score (nSPS) is 26.2. The van der Waals surface area contributed by atoms with Crippen LogP contribution in [0.4, 0.5) is 13.2 Å². The monoisotopic (exact) mass is 182 g/mol. The maximum atomic E-state index is 11.8. The second-order valence-electron chi connectivity index (χ2n) is 2.84. The second kappa shape index (κ2) is 3.02. The lowest BCUT2D eigenvalue weighted by Crippen LogP contribution is -2.34. The summed E-state index contributed by atoms with van der Waals surface area (Å²) in [6.07, 6.45) is -4.51. The summed E-state index contributed by atoms with van der Waals surface area (Å²) in [6, 6.07) is 0. The molecule has 1 heterocycles. The summed E-state index contributed by atoms with van der Waals surface area (Å²) in [5, 5.41) is 1.23. The van der Waals surface area contributed by atoms with Crippen molar-refractivity contribution in [1.82, 2.24) is 5.01 Å². The van der Waals surface area contributed by atoms with Gasteiger partial charge in [-0.2, -0.15) is 13.2 Å². The smallest absolute Gasteiger partial charge is 0.289 e. The van der Waals surface area contributed by atoms with Crippen LogP contribution in [-0.2, 0) is 4.79 Å². The van der Waals surface area contributed by atoms with Crippen LogP contribution in [0.5, 0.6) is 0 Å². The molecule has 0 amide bonds. The van der Waals surface area contributed by atoms with Gasteiger partial charge in [0, 0.05) is 19.0 Å². The van der Waals surface area contributed by atoms with Crippen molar-refractivity contribution in [2.24, 2.45) is 11.8 Å². The number of rotatable bonds is 1. The van der Waals surface area contributed by atoms with E-state index in [9.17, 15) is 18.0 Å². The topological polar surface area (TPSA) is 46.3 Å². The SMILES string of the molecule is NN1CCC(C(=O)C(F)(F)F)C1. The number of carbonyl (C=O) groups excluding carboxylic acids is 1. The molecule has 0 spiro atoms. The Hall–Kier alpha value is -0.620. The van der Waals surface area contributed by atoms with Crippen molar-refractivity contribution in [1.29, 1.82) is 0 Å². The third-order valence-corrected chi connectivity index (χ3v) is 1.87. The fourth-order valence-electron chi connectivity index (χ4n) is 1.23. The van der Waals surface area contributed by atoms with Crippen molar-refractivity contribution >= 4 is 5.78 Å². The molecule has 0 aromatic rings. The maximum Gasteiger partial charge on any atom is 0.450 e. The zero-order valence-corrected chi connectivity index (χ0v) is 6.27. The molecule has 0 aromatic carbocycles. The van der Waals surface area contributed by atoms with Crippen molar-refractivity contribution in [2.75, 3.05) is 13.1 Å². The fourth-order valence-corrected chi connectivity index (χ4v) is 1.23. The molecule has 1 rings (SSSR count). The Balaban J connectivity index is 2.55.